The normalized spacial score (nSPS) is 15.0. The third kappa shape index (κ3) is 3.59. The highest BCUT2D eigenvalue weighted by Gasteiger charge is 2.12. The van der Waals surface area contributed by atoms with Gasteiger partial charge in [-0.05, 0) is 37.0 Å². The number of hydrogen-bond acceptors (Lipinski definition) is 5. The molecular formula is C15H19N5O. The van der Waals surface area contributed by atoms with Gasteiger partial charge in [0.15, 0.2) is 0 Å². The van der Waals surface area contributed by atoms with Crippen LogP contribution in [0.1, 0.15) is 24.8 Å². The molecule has 2 N–H and O–H groups in total. The van der Waals surface area contributed by atoms with Crippen molar-refractivity contribution in [2.45, 2.75) is 25.8 Å². The van der Waals surface area contributed by atoms with Crippen LogP contribution in [-0.4, -0.2) is 28.0 Å². The van der Waals surface area contributed by atoms with Crippen LogP contribution in [0.15, 0.2) is 35.5 Å². The summed E-state index contributed by atoms with van der Waals surface area (Å²) in [4.78, 5) is 24.6. The summed E-state index contributed by atoms with van der Waals surface area (Å²) in [5, 5.41) is 3.15. The third-order valence-electron chi connectivity index (χ3n) is 3.64. The number of nitrogens with one attached hydrogen (secondary N) is 2. The average molecular weight is 285 g/mol. The van der Waals surface area contributed by atoms with E-state index in [1.54, 1.807) is 0 Å². The summed E-state index contributed by atoms with van der Waals surface area (Å²) in [6.45, 7) is 2.79. The van der Waals surface area contributed by atoms with Crippen LogP contribution in [0.3, 0.4) is 0 Å². The maximum atomic E-state index is 11.2. The van der Waals surface area contributed by atoms with Crippen molar-refractivity contribution in [2.75, 3.05) is 23.3 Å². The van der Waals surface area contributed by atoms with E-state index >= 15 is 0 Å². The zero-order valence-electron chi connectivity index (χ0n) is 11.9. The molecule has 0 bridgehead atoms. The van der Waals surface area contributed by atoms with Gasteiger partial charge in [-0.1, -0.05) is 0 Å². The predicted octanol–water partition coefficient (Wildman–Crippen LogP) is 1.77. The molecule has 0 atom stereocenters. The van der Waals surface area contributed by atoms with Gasteiger partial charge in [0.05, 0.1) is 6.33 Å². The molecule has 6 heteroatoms. The minimum absolute atomic E-state index is 0.156. The Morgan fingerprint density at radius 1 is 1.19 bits per heavy atom. The Labute approximate surface area is 123 Å². The zero-order valence-corrected chi connectivity index (χ0v) is 11.9. The summed E-state index contributed by atoms with van der Waals surface area (Å²) in [6, 6.07) is 5.53. The molecule has 110 valence electrons. The molecule has 3 heterocycles. The second-order valence-electron chi connectivity index (χ2n) is 5.22. The van der Waals surface area contributed by atoms with Crippen LogP contribution in [0.5, 0.6) is 0 Å². The van der Waals surface area contributed by atoms with Crippen LogP contribution in [0, 0.1) is 0 Å². The second kappa shape index (κ2) is 6.39. The molecule has 1 aliphatic heterocycles. The molecule has 6 nitrogen and oxygen atoms in total. The Kier molecular flexibility index (Phi) is 4.14. The van der Waals surface area contributed by atoms with Gasteiger partial charge in [0.1, 0.15) is 11.6 Å². The SMILES string of the molecule is O=c1cc(NCc2ccnc(N3CCCCC3)c2)nc[nH]1. The first kappa shape index (κ1) is 13.6. The van der Waals surface area contributed by atoms with Crippen molar-refractivity contribution in [3.63, 3.8) is 0 Å². The molecule has 1 saturated heterocycles. The second-order valence-corrected chi connectivity index (χ2v) is 5.22. The van der Waals surface area contributed by atoms with E-state index < -0.39 is 0 Å². The maximum Gasteiger partial charge on any atom is 0.252 e. The number of anilines is 2. The fourth-order valence-electron chi connectivity index (χ4n) is 2.52. The molecule has 0 amide bonds. The van der Waals surface area contributed by atoms with Gasteiger partial charge in [-0.15, -0.1) is 0 Å². The Balaban J connectivity index is 1.67. The van der Waals surface area contributed by atoms with Crippen molar-refractivity contribution in [2.24, 2.45) is 0 Å². The van der Waals surface area contributed by atoms with Gasteiger partial charge >= 0.3 is 0 Å². The van der Waals surface area contributed by atoms with Gasteiger partial charge in [-0.2, -0.15) is 0 Å². The molecule has 0 radical (unpaired) electrons. The van der Waals surface area contributed by atoms with E-state index in [4.69, 9.17) is 0 Å². The van der Waals surface area contributed by atoms with Gasteiger partial charge in [-0.3, -0.25) is 4.79 Å². The molecule has 1 fully saturated rings. The third-order valence-corrected chi connectivity index (χ3v) is 3.64. The summed E-state index contributed by atoms with van der Waals surface area (Å²) < 4.78 is 0. The van der Waals surface area contributed by atoms with E-state index in [2.05, 4.69) is 31.2 Å². The molecule has 0 unspecified atom stereocenters. The van der Waals surface area contributed by atoms with Crippen molar-refractivity contribution >= 4 is 11.6 Å². The fourth-order valence-corrected chi connectivity index (χ4v) is 2.52. The van der Waals surface area contributed by atoms with Crippen LogP contribution >= 0.6 is 0 Å². The van der Waals surface area contributed by atoms with Crippen molar-refractivity contribution in [3.05, 3.63) is 46.6 Å². The molecule has 0 spiro atoms. The molecule has 3 rings (SSSR count). The van der Waals surface area contributed by atoms with Crippen LogP contribution in [0.4, 0.5) is 11.6 Å². The van der Waals surface area contributed by atoms with E-state index in [-0.39, 0.29) is 5.56 Å². The summed E-state index contributed by atoms with van der Waals surface area (Å²) >= 11 is 0. The highest BCUT2D eigenvalue weighted by molar-refractivity contribution is 5.42. The minimum Gasteiger partial charge on any atom is -0.366 e. The summed E-state index contributed by atoms with van der Waals surface area (Å²) in [5.41, 5.74) is 0.976. The van der Waals surface area contributed by atoms with Crippen LogP contribution in [0.25, 0.3) is 0 Å². The van der Waals surface area contributed by atoms with Crippen molar-refractivity contribution in [1.82, 2.24) is 15.0 Å². The van der Waals surface area contributed by atoms with Crippen molar-refractivity contribution in [3.8, 4) is 0 Å². The van der Waals surface area contributed by atoms with Crippen LogP contribution in [0.2, 0.25) is 0 Å². The zero-order chi connectivity index (χ0) is 14.5. The Hall–Kier alpha value is -2.37. The average Bonchev–Trinajstić information content (AvgIpc) is 2.54. The molecule has 21 heavy (non-hydrogen) atoms. The summed E-state index contributed by atoms with van der Waals surface area (Å²) in [5.74, 6) is 1.61. The quantitative estimate of drug-likeness (QED) is 0.895. The Bertz CT molecular complexity index is 648. The summed E-state index contributed by atoms with van der Waals surface area (Å²) in [6.07, 6.45) is 7.02. The summed E-state index contributed by atoms with van der Waals surface area (Å²) in [7, 11) is 0. The van der Waals surface area contributed by atoms with Crippen molar-refractivity contribution < 1.29 is 0 Å². The van der Waals surface area contributed by atoms with E-state index in [1.807, 2.05) is 12.3 Å². The van der Waals surface area contributed by atoms with Crippen LogP contribution in [-0.2, 0) is 6.54 Å². The number of piperidine rings is 1. The molecule has 0 saturated carbocycles. The molecule has 0 aromatic carbocycles. The first-order valence-electron chi connectivity index (χ1n) is 7.30. The van der Waals surface area contributed by atoms with E-state index in [1.165, 1.54) is 31.7 Å². The van der Waals surface area contributed by atoms with Gasteiger partial charge in [0, 0.05) is 31.9 Å². The first-order valence-corrected chi connectivity index (χ1v) is 7.30. The predicted molar refractivity (Wildman–Crippen MR) is 82.5 cm³/mol. The van der Waals surface area contributed by atoms with Crippen LogP contribution < -0.4 is 15.8 Å². The monoisotopic (exact) mass is 285 g/mol. The molecule has 1 aliphatic rings. The first-order chi connectivity index (χ1) is 10.3. The number of nitrogens with zero attached hydrogens (tertiary/aromatic N) is 3. The highest BCUT2D eigenvalue weighted by atomic mass is 16.1. The maximum absolute atomic E-state index is 11.2. The number of rotatable bonds is 4. The molecule has 0 aliphatic carbocycles. The van der Waals surface area contributed by atoms with Gasteiger partial charge < -0.3 is 15.2 Å². The van der Waals surface area contributed by atoms with Gasteiger partial charge in [0.25, 0.3) is 5.56 Å². The van der Waals surface area contributed by atoms with Gasteiger partial charge in [0.2, 0.25) is 0 Å². The Morgan fingerprint density at radius 3 is 2.86 bits per heavy atom. The number of hydrogen-bond donors (Lipinski definition) is 2. The minimum atomic E-state index is -0.156. The number of aromatic amines is 1. The fraction of sp³-hybridized carbons (Fsp3) is 0.400. The van der Waals surface area contributed by atoms with Gasteiger partial charge in [-0.25, -0.2) is 9.97 Å². The number of aromatic nitrogens is 3. The van der Waals surface area contributed by atoms with Crippen molar-refractivity contribution in [1.29, 1.82) is 0 Å². The molecular weight excluding hydrogens is 266 g/mol. The smallest absolute Gasteiger partial charge is 0.252 e. The lowest BCUT2D eigenvalue weighted by Gasteiger charge is -2.27. The largest absolute Gasteiger partial charge is 0.366 e. The number of pyridine rings is 1. The molecule has 2 aromatic rings. The van der Waals surface area contributed by atoms with E-state index in [9.17, 15) is 4.79 Å². The topological polar surface area (TPSA) is 73.9 Å². The Morgan fingerprint density at radius 2 is 2.05 bits per heavy atom. The standard InChI is InChI=1S/C15H19N5O/c21-15-9-13(18-11-19-15)17-10-12-4-5-16-14(8-12)20-6-2-1-3-7-20/h4-5,8-9,11H,1-3,6-7,10H2,(H2,17,18,19,21). The van der Waals surface area contributed by atoms with E-state index in [0.29, 0.717) is 12.4 Å². The highest BCUT2D eigenvalue weighted by Crippen LogP contribution is 2.18. The lowest BCUT2D eigenvalue weighted by Crippen LogP contribution is -2.30. The van der Waals surface area contributed by atoms with E-state index in [0.717, 1.165) is 24.5 Å². The lowest BCUT2D eigenvalue weighted by atomic mass is 10.1. The lowest BCUT2D eigenvalue weighted by molar-refractivity contribution is 0.573. The number of H-pyrrole nitrogens is 1. The molecule has 2 aromatic heterocycles.